The van der Waals surface area contributed by atoms with Crippen molar-refractivity contribution in [1.29, 1.82) is 5.26 Å². The van der Waals surface area contributed by atoms with Crippen LogP contribution in [0.3, 0.4) is 0 Å². The van der Waals surface area contributed by atoms with Crippen molar-refractivity contribution in [1.82, 2.24) is 14.9 Å². The largest absolute Gasteiger partial charge is 0.339 e. The van der Waals surface area contributed by atoms with Crippen molar-refractivity contribution in [3.05, 3.63) is 24.3 Å². The predicted molar refractivity (Wildman–Crippen MR) is 49.2 cm³/mol. The van der Waals surface area contributed by atoms with Crippen LogP contribution in [0.15, 0.2) is 18.6 Å². The van der Waals surface area contributed by atoms with E-state index in [2.05, 4.69) is 9.97 Å². The third-order valence-electron chi connectivity index (χ3n) is 1.69. The molecule has 1 heterocycles. The summed E-state index contributed by atoms with van der Waals surface area (Å²) in [5, 5.41) is 8.35. The summed E-state index contributed by atoms with van der Waals surface area (Å²) in [6, 6.07) is 1.98. The van der Waals surface area contributed by atoms with Gasteiger partial charge in [-0.3, -0.25) is 9.78 Å². The highest BCUT2D eigenvalue weighted by Gasteiger charge is 2.11. The molecule has 0 spiro atoms. The minimum absolute atomic E-state index is 0.214. The normalized spacial score (nSPS) is 9.14. The minimum Gasteiger partial charge on any atom is -0.339 e. The van der Waals surface area contributed by atoms with Gasteiger partial charge in [-0.15, -0.1) is 0 Å². The smallest absolute Gasteiger partial charge is 0.273 e. The maximum absolute atomic E-state index is 11.6. The summed E-state index contributed by atoms with van der Waals surface area (Å²) in [6.45, 7) is 0.409. The van der Waals surface area contributed by atoms with Crippen LogP contribution in [0.25, 0.3) is 0 Å². The van der Waals surface area contributed by atoms with Gasteiger partial charge in [0.25, 0.3) is 5.91 Å². The number of carbonyl (C=O) groups is 1. The van der Waals surface area contributed by atoms with Crippen molar-refractivity contribution >= 4 is 5.91 Å². The summed E-state index contributed by atoms with van der Waals surface area (Å²) in [7, 11) is 1.63. The lowest BCUT2D eigenvalue weighted by molar-refractivity contribution is 0.0792. The Labute approximate surface area is 82.0 Å². The summed E-state index contributed by atoms with van der Waals surface area (Å²) >= 11 is 0. The Kier molecular flexibility index (Phi) is 3.56. The fraction of sp³-hybridized carbons (Fsp3) is 0.333. The topological polar surface area (TPSA) is 69.9 Å². The Morgan fingerprint density at radius 1 is 1.64 bits per heavy atom. The van der Waals surface area contributed by atoms with Crippen molar-refractivity contribution in [2.24, 2.45) is 0 Å². The summed E-state index contributed by atoms with van der Waals surface area (Å²) in [5.74, 6) is -0.214. The quantitative estimate of drug-likeness (QED) is 0.694. The van der Waals surface area contributed by atoms with Gasteiger partial charge >= 0.3 is 0 Å². The van der Waals surface area contributed by atoms with E-state index in [-0.39, 0.29) is 5.91 Å². The summed E-state index contributed by atoms with van der Waals surface area (Å²) in [4.78, 5) is 20.7. The van der Waals surface area contributed by atoms with Crippen LogP contribution in [0.4, 0.5) is 0 Å². The molecule has 0 atom stereocenters. The highest BCUT2D eigenvalue weighted by atomic mass is 16.2. The van der Waals surface area contributed by atoms with Gasteiger partial charge in [-0.25, -0.2) is 4.98 Å². The second-order valence-corrected chi connectivity index (χ2v) is 2.73. The average Bonchev–Trinajstić information content (AvgIpc) is 2.26. The Balaban J connectivity index is 2.63. The summed E-state index contributed by atoms with van der Waals surface area (Å²) in [5.41, 5.74) is 0.299. The van der Waals surface area contributed by atoms with Crippen molar-refractivity contribution in [2.45, 2.75) is 6.42 Å². The van der Waals surface area contributed by atoms with Gasteiger partial charge in [-0.1, -0.05) is 0 Å². The molecule has 1 amide bonds. The molecule has 14 heavy (non-hydrogen) atoms. The number of carbonyl (C=O) groups excluding carboxylic acids is 1. The molecule has 1 aromatic heterocycles. The monoisotopic (exact) mass is 190 g/mol. The molecule has 0 aliphatic heterocycles. The van der Waals surface area contributed by atoms with E-state index in [1.54, 1.807) is 7.05 Å². The van der Waals surface area contributed by atoms with E-state index in [1.165, 1.54) is 23.5 Å². The molecule has 5 nitrogen and oxygen atoms in total. The second kappa shape index (κ2) is 4.92. The van der Waals surface area contributed by atoms with Crippen molar-refractivity contribution < 1.29 is 4.79 Å². The molecule has 0 saturated heterocycles. The SMILES string of the molecule is CN(CCC#N)C(=O)c1cnccn1. The first-order chi connectivity index (χ1) is 6.75. The molecular weight excluding hydrogens is 180 g/mol. The molecular formula is C9H10N4O. The maximum Gasteiger partial charge on any atom is 0.273 e. The Morgan fingerprint density at radius 3 is 3.00 bits per heavy atom. The first kappa shape index (κ1) is 10.1. The van der Waals surface area contributed by atoms with Crippen molar-refractivity contribution in [2.75, 3.05) is 13.6 Å². The molecule has 0 radical (unpaired) electrons. The third-order valence-corrected chi connectivity index (χ3v) is 1.69. The molecule has 72 valence electrons. The average molecular weight is 190 g/mol. The predicted octanol–water partition coefficient (Wildman–Crippen LogP) is 0.462. The number of nitriles is 1. The highest BCUT2D eigenvalue weighted by molar-refractivity contribution is 5.91. The third kappa shape index (κ3) is 2.52. The van der Waals surface area contributed by atoms with Gasteiger partial charge in [0.05, 0.1) is 18.7 Å². The zero-order valence-electron chi connectivity index (χ0n) is 7.84. The molecule has 5 heteroatoms. The van der Waals surface area contributed by atoms with Crippen LogP contribution in [-0.4, -0.2) is 34.4 Å². The number of hydrogen-bond acceptors (Lipinski definition) is 4. The van der Waals surface area contributed by atoms with Gasteiger partial charge in [0.15, 0.2) is 0 Å². The molecule has 0 fully saturated rings. The standard InChI is InChI=1S/C9H10N4O/c1-13(6-2-3-10)9(14)8-7-11-4-5-12-8/h4-5,7H,2,6H2,1H3. The second-order valence-electron chi connectivity index (χ2n) is 2.73. The maximum atomic E-state index is 11.6. The van der Waals surface area contributed by atoms with Crippen LogP contribution >= 0.6 is 0 Å². The van der Waals surface area contributed by atoms with Crippen molar-refractivity contribution in [3.63, 3.8) is 0 Å². The van der Waals surface area contributed by atoms with Crippen molar-refractivity contribution in [3.8, 4) is 6.07 Å². The molecule has 0 bridgehead atoms. The van der Waals surface area contributed by atoms with Crippen LogP contribution in [0.5, 0.6) is 0 Å². The molecule has 0 aliphatic rings. The van der Waals surface area contributed by atoms with Crippen LogP contribution in [-0.2, 0) is 0 Å². The minimum atomic E-state index is -0.214. The molecule has 0 aliphatic carbocycles. The first-order valence-electron chi connectivity index (χ1n) is 4.14. The van der Waals surface area contributed by atoms with Gasteiger partial charge in [0.2, 0.25) is 0 Å². The zero-order chi connectivity index (χ0) is 10.4. The van der Waals surface area contributed by atoms with Gasteiger partial charge in [-0.05, 0) is 0 Å². The molecule has 0 unspecified atom stereocenters. The molecule has 0 N–H and O–H groups in total. The Bertz CT molecular complexity index is 344. The Hall–Kier alpha value is -1.96. The number of aromatic nitrogens is 2. The van der Waals surface area contributed by atoms with E-state index in [1.807, 2.05) is 6.07 Å². The molecule has 1 aromatic rings. The van der Waals surface area contributed by atoms with Crippen LogP contribution < -0.4 is 0 Å². The number of nitrogens with zero attached hydrogens (tertiary/aromatic N) is 4. The van der Waals surface area contributed by atoms with E-state index in [0.29, 0.717) is 18.7 Å². The fourth-order valence-electron chi connectivity index (χ4n) is 0.924. The highest BCUT2D eigenvalue weighted by Crippen LogP contribution is 1.97. The Morgan fingerprint density at radius 2 is 2.43 bits per heavy atom. The van der Waals surface area contributed by atoms with E-state index in [9.17, 15) is 4.79 Å². The van der Waals surface area contributed by atoms with Crippen LogP contribution in [0, 0.1) is 11.3 Å². The molecule has 0 saturated carbocycles. The lowest BCUT2D eigenvalue weighted by Crippen LogP contribution is -2.28. The molecule has 1 rings (SSSR count). The van der Waals surface area contributed by atoms with E-state index in [0.717, 1.165) is 0 Å². The van der Waals surface area contributed by atoms with E-state index in [4.69, 9.17) is 5.26 Å². The van der Waals surface area contributed by atoms with E-state index < -0.39 is 0 Å². The lowest BCUT2D eigenvalue weighted by atomic mass is 10.3. The van der Waals surface area contributed by atoms with E-state index >= 15 is 0 Å². The summed E-state index contributed by atoms with van der Waals surface area (Å²) < 4.78 is 0. The van der Waals surface area contributed by atoms with Crippen LogP contribution in [0.2, 0.25) is 0 Å². The van der Waals surface area contributed by atoms with Crippen LogP contribution in [0.1, 0.15) is 16.9 Å². The zero-order valence-corrected chi connectivity index (χ0v) is 7.84. The summed E-state index contributed by atoms with van der Waals surface area (Å²) in [6.07, 6.45) is 4.70. The van der Waals surface area contributed by atoms with Gasteiger partial charge < -0.3 is 4.90 Å². The number of rotatable bonds is 3. The first-order valence-corrected chi connectivity index (χ1v) is 4.14. The number of amides is 1. The number of hydrogen-bond donors (Lipinski definition) is 0. The van der Waals surface area contributed by atoms with Gasteiger partial charge in [-0.2, -0.15) is 5.26 Å². The molecule has 0 aromatic carbocycles. The van der Waals surface area contributed by atoms with Gasteiger partial charge in [0.1, 0.15) is 5.69 Å². The fourth-order valence-corrected chi connectivity index (χ4v) is 0.924. The lowest BCUT2D eigenvalue weighted by Gasteiger charge is -2.13. The van der Waals surface area contributed by atoms with Gasteiger partial charge in [0, 0.05) is 26.0 Å².